The normalized spacial score (nSPS) is 20.7. The first-order chi connectivity index (χ1) is 21.8. The average molecular weight is 685 g/mol. The lowest BCUT2D eigenvalue weighted by molar-refractivity contribution is -0.158. The summed E-state index contributed by atoms with van der Waals surface area (Å²) in [7, 11) is -6.31. The molecule has 6 rings (SSSR count). The van der Waals surface area contributed by atoms with Crippen LogP contribution in [0.4, 0.5) is 0 Å². The van der Waals surface area contributed by atoms with E-state index >= 15 is 0 Å². The fourth-order valence-corrected chi connectivity index (χ4v) is 9.72. The van der Waals surface area contributed by atoms with Crippen LogP contribution < -0.4 is 4.74 Å². The van der Waals surface area contributed by atoms with Crippen LogP contribution in [0.1, 0.15) is 25.1 Å². The van der Waals surface area contributed by atoms with Gasteiger partial charge in [-0.1, -0.05) is 59.0 Å². The molecule has 2 aromatic heterocycles. The van der Waals surface area contributed by atoms with Crippen LogP contribution in [0.3, 0.4) is 0 Å². The zero-order valence-electron chi connectivity index (χ0n) is 24.8. The van der Waals surface area contributed by atoms with Gasteiger partial charge in [0.2, 0.25) is 14.2 Å². The molecule has 4 heterocycles. The van der Waals surface area contributed by atoms with Crippen molar-refractivity contribution < 1.29 is 35.9 Å². The molecule has 0 unspecified atom stereocenters. The lowest BCUT2D eigenvalue weighted by Crippen LogP contribution is -2.59. The zero-order chi connectivity index (χ0) is 32.9. The predicted molar refractivity (Wildman–Crippen MR) is 166 cm³/mol. The van der Waals surface area contributed by atoms with Crippen molar-refractivity contribution in [2.45, 2.75) is 47.5 Å². The van der Waals surface area contributed by atoms with Crippen LogP contribution in [0.2, 0.25) is 0 Å². The first kappa shape index (κ1) is 31.5. The van der Waals surface area contributed by atoms with Gasteiger partial charge in [-0.05, 0) is 37.6 Å². The lowest BCUT2D eigenvalue weighted by Gasteiger charge is -2.38. The highest BCUT2D eigenvalue weighted by Crippen LogP contribution is 2.49. The number of aromatic nitrogens is 5. The van der Waals surface area contributed by atoms with Gasteiger partial charge in [-0.25, -0.2) is 21.6 Å². The lowest BCUT2D eigenvalue weighted by atomic mass is 9.95. The molecule has 2 aliphatic rings. The minimum absolute atomic E-state index is 0.0690. The molecule has 0 radical (unpaired) electrons. The summed E-state index contributed by atoms with van der Waals surface area (Å²) in [6, 6.07) is 14.6. The van der Waals surface area contributed by atoms with Crippen molar-refractivity contribution in [3.05, 3.63) is 77.6 Å². The number of aryl methyl sites for hydroxylation is 1. The van der Waals surface area contributed by atoms with E-state index in [0.29, 0.717) is 16.3 Å². The Balaban J connectivity index is 1.13. The number of nitrogens with zero attached hydrogens (tertiary/aromatic N) is 6. The number of hydrogen-bond acceptors (Lipinski definition) is 13. The van der Waals surface area contributed by atoms with Crippen molar-refractivity contribution in [3.63, 3.8) is 0 Å². The van der Waals surface area contributed by atoms with E-state index in [1.54, 1.807) is 24.3 Å². The number of amides is 1. The maximum absolute atomic E-state index is 13.6. The Labute approximate surface area is 268 Å². The second-order valence-corrected chi connectivity index (χ2v) is 17.0. The van der Waals surface area contributed by atoms with Crippen LogP contribution >= 0.6 is 11.3 Å². The molecule has 2 saturated heterocycles. The number of hydrogen-bond donors (Lipinski definition) is 0. The Bertz CT molecular complexity index is 2060. The molecule has 240 valence electrons. The topological polar surface area (TPSA) is 181 Å². The largest absolute Gasteiger partial charge is 0.497 e. The third-order valence-corrected chi connectivity index (χ3v) is 13.7. The quantitative estimate of drug-likeness (QED) is 0.135. The Morgan fingerprint density at radius 2 is 1.78 bits per heavy atom. The number of carbonyl (C=O) groups is 2. The highest BCUT2D eigenvalue weighted by atomic mass is 32.2. The first-order valence-corrected chi connectivity index (χ1v) is 17.9. The van der Waals surface area contributed by atoms with Gasteiger partial charge in [0.1, 0.15) is 27.8 Å². The number of sulfone groups is 2. The van der Waals surface area contributed by atoms with E-state index in [1.165, 1.54) is 37.9 Å². The summed E-state index contributed by atoms with van der Waals surface area (Å²) in [5.74, 6) is -1.19. The summed E-state index contributed by atoms with van der Waals surface area (Å²) in [6.45, 7) is 2.59. The van der Waals surface area contributed by atoms with Gasteiger partial charge in [-0.3, -0.25) is 9.48 Å². The fraction of sp³-hybridized carbons (Fsp3) is 0.310. The molecule has 0 saturated carbocycles. The van der Waals surface area contributed by atoms with Gasteiger partial charge >= 0.3 is 5.97 Å². The molecule has 2 aliphatic heterocycles. The van der Waals surface area contributed by atoms with E-state index < -0.39 is 47.7 Å². The zero-order valence-corrected chi connectivity index (χ0v) is 27.3. The Kier molecular flexibility index (Phi) is 8.02. The van der Waals surface area contributed by atoms with E-state index in [1.807, 2.05) is 30.3 Å². The summed E-state index contributed by atoms with van der Waals surface area (Å²) >= 11 is 0.965. The second kappa shape index (κ2) is 11.7. The number of benzene rings is 2. The Morgan fingerprint density at radius 3 is 2.48 bits per heavy atom. The van der Waals surface area contributed by atoms with E-state index in [0.717, 1.165) is 21.8 Å². The molecule has 2 fully saturated rings. The van der Waals surface area contributed by atoms with Crippen molar-refractivity contribution in [3.8, 4) is 16.3 Å². The van der Waals surface area contributed by atoms with Crippen molar-refractivity contribution in [1.29, 1.82) is 0 Å². The van der Waals surface area contributed by atoms with Crippen molar-refractivity contribution in [2.24, 2.45) is 0 Å². The molecular formula is C29H28N6O8S3. The average Bonchev–Trinajstić information content (AvgIpc) is 3.75. The van der Waals surface area contributed by atoms with Gasteiger partial charge in [-0.2, -0.15) is 0 Å². The van der Waals surface area contributed by atoms with Gasteiger partial charge < -0.3 is 14.4 Å². The highest BCUT2D eigenvalue weighted by molar-refractivity contribution is 7.94. The molecule has 17 heteroatoms. The molecule has 0 aliphatic carbocycles. The van der Waals surface area contributed by atoms with Gasteiger partial charge in [0, 0.05) is 5.56 Å². The van der Waals surface area contributed by atoms with Crippen LogP contribution in [0.15, 0.2) is 70.7 Å². The number of β-lactam (4-membered cyclic amide) rings is 1. The summed E-state index contributed by atoms with van der Waals surface area (Å²) in [6.07, 6.45) is 2.69. The maximum Gasteiger partial charge on any atom is 0.330 e. The van der Waals surface area contributed by atoms with Gasteiger partial charge in [-0.15, -0.1) is 15.3 Å². The van der Waals surface area contributed by atoms with Crippen LogP contribution in [0, 0.1) is 0 Å². The second-order valence-electron chi connectivity index (χ2n) is 11.1. The number of fused-ring (bicyclic) bond motifs is 1. The number of esters is 1. The standard InChI is InChI=1S/C29H28N6O8S3/c1-29(2)23(27(37)43-17-18-9-11-21(42-3)12-10-18)35-25(36)22(26(35)46(29,40)41)15-20-16-34(33-30-20)13-14-45(38,39)28-32-31-24(44-28)19-7-5-4-6-8-19/h4-12,15-16,23,26H,13-14,17H2,1-3H3/b22-15+/t23-,26+/m0/s1. The molecule has 14 nitrogen and oxygen atoms in total. The molecular weight excluding hydrogens is 657 g/mol. The third kappa shape index (κ3) is 5.47. The Hall–Kier alpha value is -4.48. The molecule has 1 amide bonds. The van der Waals surface area contributed by atoms with Gasteiger partial charge in [0.05, 0.1) is 31.2 Å². The first-order valence-electron chi connectivity index (χ1n) is 13.9. The summed E-state index contributed by atoms with van der Waals surface area (Å²) in [5.41, 5.74) is 1.50. The van der Waals surface area contributed by atoms with Crippen LogP contribution in [0.25, 0.3) is 16.6 Å². The summed E-state index contributed by atoms with van der Waals surface area (Å²) in [5, 5.41) is 14.8. The SMILES string of the molecule is COc1ccc(COC(=O)[C@@H]2N3C(=O)/C(=C\c4cn(CCS(=O)(=O)c5nnc(-c6ccccc6)s5)nn4)[C@H]3S(=O)(=O)C2(C)C)cc1. The smallest absolute Gasteiger partial charge is 0.330 e. The molecule has 0 N–H and O–H groups in total. The van der Waals surface area contributed by atoms with E-state index in [4.69, 9.17) is 9.47 Å². The number of ether oxygens (including phenoxy) is 2. The van der Waals surface area contributed by atoms with Gasteiger partial charge in [0.25, 0.3) is 5.91 Å². The van der Waals surface area contributed by atoms with Crippen LogP contribution in [-0.2, 0) is 47.2 Å². The molecule has 2 atom stereocenters. The van der Waals surface area contributed by atoms with Crippen molar-refractivity contribution in [1.82, 2.24) is 30.1 Å². The molecule has 46 heavy (non-hydrogen) atoms. The Morgan fingerprint density at radius 1 is 1.07 bits per heavy atom. The predicted octanol–water partition coefficient (Wildman–Crippen LogP) is 2.15. The van der Waals surface area contributed by atoms with E-state index in [2.05, 4.69) is 20.5 Å². The van der Waals surface area contributed by atoms with E-state index in [9.17, 15) is 26.4 Å². The maximum atomic E-state index is 13.6. The van der Waals surface area contributed by atoms with Crippen LogP contribution in [0.5, 0.6) is 5.75 Å². The van der Waals surface area contributed by atoms with E-state index in [-0.39, 0.29) is 34.5 Å². The number of carbonyl (C=O) groups excluding carboxylic acids is 2. The summed E-state index contributed by atoms with van der Waals surface area (Å²) < 4.78 is 63.0. The monoisotopic (exact) mass is 684 g/mol. The molecule has 4 aromatic rings. The van der Waals surface area contributed by atoms with Crippen LogP contribution in [-0.4, -0.2) is 87.8 Å². The minimum atomic E-state index is -4.05. The highest BCUT2D eigenvalue weighted by Gasteiger charge is 2.70. The third-order valence-electron chi connectivity index (χ3n) is 7.87. The molecule has 0 bridgehead atoms. The van der Waals surface area contributed by atoms with Crippen molar-refractivity contribution >= 4 is 49.0 Å². The van der Waals surface area contributed by atoms with Crippen molar-refractivity contribution in [2.75, 3.05) is 12.9 Å². The minimum Gasteiger partial charge on any atom is -0.497 e. The molecule has 0 spiro atoms. The number of rotatable bonds is 10. The molecule has 2 aromatic carbocycles. The number of methoxy groups -OCH3 is 1. The summed E-state index contributed by atoms with van der Waals surface area (Å²) in [4.78, 5) is 27.4. The fourth-order valence-electron chi connectivity index (χ4n) is 5.26. The van der Waals surface area contributed by atoms with Gasteiger partial charge in [0.15, 0.2) is 21.3 Å².